The average Bonchev–Trinajstić information content (AvgIpc) is 2.78. The summed E-state index contributed by atoms with van der Waals surface area (Å²) in [6, 6.07) is 9.57. The fraction of sp³-hybridized carbons (Fsp3) is 0.167. The summed E-state index contributed by atoms with van der Waals surface area (Å²) in [5, 5.41) is 11.3. The van der Waals surface area contributed by atoms with Crippen molar-refractivity contribution in [1.29, 1.82) is 0 Å². The molecule has 2 heterocycles. The number of halogens is 2. The Labute approximate surface area is 114 Å². The van der Waals surface area contributed by atoms with Crippen molar-refractivity contribution < 1.29 is 4.74 Å². The summed E-state index contributed by atoms with van der Waals surface area (Å²) in [7, 11) is 0. The Morgan fingerprint density at radius 2 is 2.06 bits per heavy atom. The SMILES string of the molecule is Clc1cc(NC2COc3ccccc32)c(Cl)nn1. The second-order valence-electron chi connectivity index (χ2n) is 3.92. The third-order valence-corrected chi connectivity index (χ3v) is 3.21. The fourth-order valence-electron chi connectivity index (χ4n) is 1.92. The number of para-hydroxylation sites is 1. The smallest absolute Gasteiger partial charge is 0.174 e. The Bertz CT molecular complexity index is 591. The Balaban J connectivity index is 1.88. The van der Waals surface area contributed by atoms with Crippen molar-refractivity contribution in [3.8, 4) is 5.75 Å². The number of anilines is 1. The summed E-state index contributed by atoms with van der Waals surface area (Å²) in [4.78, 5) is 0. The van der Waals surface area contributed by atoms with Crippen molar-refractivity contribution in [2.75, 3.05) is 11.9 Å². The van der Waals surface area contributed by atoms with Crippen LogP contribution in [0.15, 0.2) is 30.3 Å². The van der Waals surface area contributed by atoms with E-state index in [9.17, 15) is 0 Å². The van der Waals surface area contributed by atoms with Crippen molar-refractivity contribution in [2.24, 2.45) is 0 Å². The number of ether oxygens (including phenoxy) is 1. The van der Waals surface area contributed by atoms with E-state index in [-0.39, 0.29) is 6.04 Å². The van der Waals surface area contributed by atoms with Crippen molar-refractivity contribution in [3.05, 3.63) is 46.2 Å². The van der Waals surface area contributed by atoms with Crippen LogP contribution < -0.4 is 10.1 Å². The lowest BCUT2D eigenvalue weighted by Gasteiger charge is -2.13. The van der Waals surface area contributed by atoms with Crippen molar-refractivity contribution in [2.45, 2.75) is 6.04 Å². The van der Waals surface area contributed by atoms with E-state index in [2.05, 4.69) is 15.5 Å². The lowest BCUT2D eigenvalue weighted by Crippen LogP contribution is -2.12. The molecule has 1 unspecified atom stereocenters. The van der Waals surface area contributed by atoms with Gasteiger partial charge in [0.1, 0.15) is 12.4 Å². The van der Waals surface area contributed by atoms with Gasteiger partial charge in [0.15, 0.2) is 10.3 Å². The molecular weight excluding hydrogens is 273 g/mol. The van der Waals surface area contributed by atoms with Crippen LogP contribution in [0.25, 0.3) is 0 Å². The minimum absolute atomic E-state index is 0.0407. The predicted octanol–water partition coefficient (Wildman–Crippen LogP) is 3.33. The highest BCUT2D eigenvalue weighted by Crippen LogP contribution is 2.35. The number of nitrogens with zero attached hydrogens (tertiary/aromatic N) is 2. The molecule has 6 heteroatoms. The maximum Gasteiger partial charge on any atom is 0.174 e. The van der Waals surface area contributed by atoms with Crippen molar-refractivity contribution >= 4 is 28.9 Å². The second-order valence-corrected chi connectivity index (χ2v) is 4.66. The molecule has 0 saturated heterocycles. The van der Waals surface area contributed by atoms with Crippen LogP contribution in [0.3, 0.4) is 0 Å². The molecule has 0 amide bonds. The van der Waals surface area contributed by atoms with E-state index in [0.29, 0.717) is 22.6 Å². The zero-order valence-corrected chi connectivity index (χ0v) is 10.7. The molecule has 0 saturated carbocycles. The zero-order valence-electron chi connectivity index (χ0n) is 9.23. The van der Waals surface area contributed by atoms with Crippen molar-refractivity contribution in [3.63, 3.8) is 0 Å². The number of nitrogens with one attached hydrogen (secondary N) is 1. The van der Waals surface area contributed by atoms with Gasteiger partial charge in [0.25, 0.3) is 0 Å². The van der Waals surface area contributed by atoms with Crippen LogP contribution in [0.1, 0.15) is 11.6 Å². The minimum Gasteiger partial charge on any atom is -0.491 e. The summed E-state index contributed by atoms with van der Waals surface area (Å²) in [6.07, 6.45) is 0. The van der Waals surface area contributed by atoms with Crippen LogP contribution in [-0.4, -0.2) is 16.8 Å². The summed E-state index contributed by atoms with van der Waals surface area (Å²) < 4.78 is 5.58. The van der Waals surface area contributed by atoms with Gasteiger partial charge in [0.2, 0.25) is 0 Å². The molecule has 1 atom stereocenters. The van der Waals surface area contributed by atoms with Crippen LogP contribution in [0.2, 0.25) is 10.3 Å². The number of hydrogen-bond acceptors (Lipinski definition) is 4. The first-order valence-electron chi connectivity index (χ1n) is 5.41. The second kappa shape index (κ2) is 4.63. The quantitative estimate of drug-likeness (QED) is 0.917. The molecule has 0 bridgehead atoms. The highest BCUT2D eigenvalue weighted by atomic mass is 35.5. The van der Waals surface area contributed by atoms with Crippen LogP contribution in [0, 0.1) is 0 Å². The van der Waals surface area contributed by atoms with Gasteiger partial charge in [0, 0.05) is 11.6 Å². The van der Waals surface area contributed by atoms with Gasteiger partial charge < -0.3 is 10.1 Å². The standard InChI is InChI=1S/C12H9Cl2N3O/c13-11-5-8(12(14)17-16-11)15-9-6-18-10-4-2-1-3-7(9)10/h1-5,9H,6H2,(H,15,16). The molecule has 1 aliphatic heterocycles. The highest BCUT2D eigenvalue weighted by molar-refractivity contribution is 6.33. The Kier molecular flexibility index (Phi) is 2.97. The first-order chi connectivity index (χ1) is 8.74. The van der Waals surface area contributed by atoms with Crippen LogP contribution in [-0.2, 0) is 0 Å². The van der Waals surface area contributed by atoms with Gasteiger partial charge in [-0.3, -0.25) is 0 Å². The molecule has 4 nitrogen and oxygen atoms in total. The molecule has 3 rings (SSSR count). The van der Waals surface area contributed by atoms with Crippen LogP contribution >= 0.6 is 23.2 Å². The van der Waals surface area contributed by atoms with E-state index in [0.717, 1.165) is 11.3 Å². The average molecular weight is 282 g/mol. The lowest BCUT2D eigenvalue weighted by molar-refractivity contribution is 0.340. The molecule has 1 aromatic carbocycles. The van der Waals surface area contributed by atoms with Gasteiger partial charge >= 0.3 is 0 Å². The largest absolute Gasteiger partial charge is 0.491 e. The molecule has 1 aromatic heterocycles. The molecule has 0 aliphatic carbocycles. The molecule has 1 N–H and O–H groups in total. The first kappa shape index (κ1) is 11.6. The molecule has 92 valence electrons. The maximum atomic E-state index is 5.97. The van der Waals surface area contributed by atoms with Crippen molar-refractivity contribution in [1.82, 2.24) is 10.2 Å². The summed E-state index contributed by atoms with van der Waals surface area (Å²) in [5.41, 5.74) is 1.75. The summed E-state index contributed by atoms with van der Waals surface area (Å²) in [6.45, 7) is 0.551. The fourth-order valence-corrected chi connectivity index (χ4v) is 2.22. The maximum absolute atomic E-state index is 5.97. The van der Waals surface area contributed by atoms with Crippen LogP contribution in [0.5, 0.6) is 5.75 Å². The normalized spacial score (nSPS) is 17.1. The van der Waals surface area contributed by atoms with Gasteiger partial charge in [-0.25, -0.2) is 0 Å². The number of rotatable bonds is 2. The summed E-state index contributed by atoms with van der Waals surface area (Å²) >= 11 is 11.8. The minimum atomic E-state index is 0.0407. The number of benzene rings is 1. The van der Waals surface area contributed by atoms with E-state index < -0.39 is 0 Å². The van der Waals surface area contributed by atoms with Gasteiger partial charge in [0.05, 0.1) is 11.7 Å². The zero-order chi connectivity index (χ0) is 12.5. The van der Waals surface area contributed by atoms with E-state index in [1.807, 2.05) is 24.3 Å². The third kappa shape index (κ3) is 2.09. The Morgan fingerprint density at radius 1 is 1.22 bits per heavy atom. The van der Waals surface area contributed by atoms with E-state index >= 15 is 0 Å². The number of aromatic nitrogens is 2. The molecule has 0 spiro atoms. The Hall–Kier alpha value is -1.52. The van der Waals surface area contributed by atoms with E-state index in [1.165, 1.54) is 0 Å². The van der Waals surface area contributed by atoms with Gasteiger partial charge in [-0.1, -0.05) is 41.4 Å². The van der Waals surface area contributed by atoms with Crippen LogP contribution in [0.4, 0.5) is 5.69 Å². The van der Waals surface area contributed by atoms with Gasteiger partial charge in [-0.15, -0.1) is 10.2 Å². The summed E-state index contributed by atoms with van der Waals surface area (Å²) in [5.74, 6) is 0.888. The van der Waals surface area contributed by atoms with Gasteiger partial charge in [-0.2, -0.15) is 0 Å². The highest BCUT2D eigenvalue weighted by Gasteiger charge is 2.24. The molecule has 0 fully saturated rings. The molecule has 18 heavy (non-hydrogen) atoms. The molecule has 2 aromatic rings. The van der Waals surface area contributed by atoms with E-state index in [4.69, 9.17) is 27.9 Å². The molecule has 1 aliphatic rings. The Morgan fingerprint density at radius 3 is 2.94 bits per heavy atom. The monoisotopic (exact) mass is 281 g/mol. The molecular formula is C12H9Cl2N3O. The topological polar surface area (TPSA) is 47.0 Å². The number of fused-ring (bicyclic) bond motifs is 1. The predicted molar refractivity (Wildman–Crippen MR) is 70.4 cm³/mol. The van der Waals surface area contributed by atoms with Gasteiger partial charge in [-0.05, 0) is 6.07 Å². The lowest BCUT2D eigenvalue weighted by atomic mass is 10.1. The number of hydrogen-bond donors (Lipinski definition) is 1. The van der Waals surface area contributed by atoms with E-state index in [1.54, 1.807) is 6.07 Å². The third-order valence-electron chi connectivity index (χ3n) is 2.75. The first-order valence-corrected chi connectivity index (χ1v) is 6.16. The molecule has 0 radical (unpaired) electrons.